The Morgan fingerprint density at radius 1 is 1.40 bits per heavy atom. The average Bonchev–Trinajstić information content (AvgIpc) is 2.64. The number of rotatable bonds is 3. The van der Waals surface area contributed by atoms with Gasteiger partial charge >= 0.3 is 0 Å². The number of anilines is 1. The van der Waals surface area contributed by atoms with E-state index < -0.39 is 0 Å². The summed E-state index contributed by atoms with van der Waals surface area (Å²) in [6.07, 6.45) is 1.67. The molecule has 2 aromatic heterocycles. The second kappa shape index (κ2) is 4.27. The Labute approximate surface area is 91.5 Å². The summed E-state index contributed by atoms with van der Waals surface area (Å²) in [5, 5.41) is 10.9. The van der Waals surface area contributed by atoms with Crippen LogP contribution in [0.15, 0.2) is 22.7 Å². The van der Waals surface area contributed by atoms with Crippen molar-refractivity contribution in [1.82, 2.24) is 15.2 Å². The van der Waals surface area contributed by atoms with Crippen LogP contribution in [0.2, 0.25) is 5.15 Å². The Morgan fingerprint density at radius 3 is 2.87 bits per heavy atom. The number of nitrogens with zero attached hydrogens (tertiary/aromatic N) is 3. The molecular weight excluding hydrogens is 216 g/mol. The molecule has 0 spiro atoms. The number of halogens is 1. The maximum absolute atomic E-state index is 5.60. The Morgan fingerprint density at radius 2 is 2.27 bits per heavy atom. The molecule has 15 heavy (non-hydrogen) atoms. The van der Waals surface area contributed by atoms with Crippen LogP contribution in [0.1, 0.15) is 11.7 Å². The van der Waals surface area contributed by atoms with Gasteiger partial charge in [0.25, 0.3) is 0 Å². The molecule has 0 aromatic carbocycles. The van der Waals surface area contributed by atoms with Crippen LogP contribution < -0.4 is 5.32 Å². The molecule has 2 rings (SSSR count). The Hall–Kier alpha value is -1.62. The van der Waals surface area contributed by atoms with Crippen LogP contribution in [0, 0.1) is 6.92 Å². The van der Waals surface area contributed by atoms with Gasteiger partial charge in [-0.15, -0.1) is 10.2 Å². The summed E-state index contributed by atoms with van der Waals surface area (Å²) in [5.41, 5.74) is 0. The van der Waals surface area contributed by atoms with Gasteiger partial charge < -0.3 is 9.73 Å². The molecule has 0 aliphatic heterocycles. The molecule has 5 nitrogen and oxygen atoms in total. The van der Waals surface area contributed by atoms with Gasteiger partial charge in [0.1, 0.15) is 11.6 Å². The molecule has 0 radical (unpaired) electrons. The average molecular weight is 225 g/mol. The molecule has 0 bridgehead atoms. The Kier molecular flexibility index (Phi) is 2.82. The number of nitrogens with one attached hydrogen (secondary N) is 1. The van der Waals surface area contributed by atoms with E-state index in [1.807, 2.05) is 6.92 Å². The monoisotopic (exact) mass is 224 g/mol. The highest BCUT2D eigenvalue weighted by molar-refractivity contribution is 6.29. The van der Waals surface area contributed by atoms with Crippen molar-refractivity contribution in [2.24, 2.45) is 0 Å². The molecule has 0 saturated heterocycles. The van der Waals surface area contributed by atoms with E-state index in [2.05, 4.69) is 20.5 Å². The second-order valence-electron chi connectivity index (χ2n) is 2.96. The predicted molar refractivity (Wildman–Crippen MR) is 55.6 cm³/mol. The van der Waals surface area contributed by atoms with Crippen LogP contribution in [0.25, 0.3) is 0 Å². The molecule has 2 heterocycles. The Balaban J connectivity index is 1.96. The van der Waals surface area contributed by atoms with Crippen LogP contribution in [0.3, 0.4) is 0 Å². The van der Waals surface area contributed by atoms with Crippen molar-refractivity contribution in [3.05, 3.63) is 35.1 Å². The SMILES string of the molecule is Cc1cnc(CNc2ccc(Cl)nn2)o1. The van der Waals surface area contributed by atoms with E-state index in [9.17, 15) is 0 Å². The molecule has 6 heteroatoms. The fourth-order valence-corrected chi connectivity index (χ4v) is 1.16. The van der Waals surface area contributed by atoms with Crippen molar-refractivity contribution in [1.29, 1.82) is 0 Å². The van der Waals surface area contributed by atoms with Gasteiger partial charge in [0.2, 0.25) is 5.89 Å². The van der Waals surface area contributed by atoms with Crippen molar-refractivity contribution in [3.63, 3.8) is 0 Å². The maximum Gasteiger partial charge on any atom is 0.213 e. The third kappa shape index (κ3) is 2.66. The van der Waals surface area contributed by atoms with Gasteiger partial charge in [-0.2, -0.15) is 0 Å². The molecule has 0 aliphatic carbocycles. The zero-order chi connectivity index (χ0) is 10.7. The number of hydrogen-bond donors (Lipinski definition) is 1. The van der Waals surface area contributed by atoms with Gasteiger partial charge in [0.15, 0.2) is 5.15 Å². The summed E-state index contributed by atoms with van der Waals surface area (Å²) in [6.45, 7) is 2.32. The summed E-state index contributed by atoms with van der Waals surface area (Å²) in [7, 11) is 0. The van der Waals surface area contributed by atoms with Crippen molar-refractivity contribution >= 4 is 17.4 Å². The van der Waals surface area contributed by atoms with Gasteiger partial charge in [0, 0.05) is 0 Å². The van der Waals surface area contributed by atoms with Gasteiger partial charge in [-0.05, 0) is 19.1 Å². The lowest BCUT2D eigenvalue weighted by atomic mass is 10.5. The van der Waals surface area contributed by atoms with E-state index in [0.29, 0.717) is 23.4 Å². The van der Waals surface area contributed by atoms with E-state index in [-0.39, 0.29) is 0 Å². The van der Waals surface area contributed by atoms with Gasteiger partial charge in [-0.1, -0.05) is 11.6 Å². The van der Waals surface area contributed by atoms with E-state index in [4.69, 9.17) is 16.0 Å². The molecular formula is C9H9ClN4O. The van der Waals surface area contributed by atoms with Crippen LogP contribution >= 0.6 is 11.6 Å². The third-order valence-corrected chi connectivity index (χ3v) is 1.92. The summed E-state index contributed by atoms with van der Waals surface area (Å²) in [6, 6.07) is 3.41. The van der Waals surface area contributed by atoms with Crippen molar-refractivity contribution < 1.29 is 4.42 Å². The van der Waals surface area contributed by atoms with E-state index in [1.54, 1.807) is 18.3 Å². The van der Waals surface area contributed by atoms with Crippen LogP contribution in [-0.2, 0) is 6.54 Å². The second-order valence-corrected chi connectivity index (χ2v) is 3.35. The first-order chi connectivity index (χ1) is 7.24. The number of aryl methyl sites for hydroxylation is 1. The zero-order valence-corrected chi connectivity index (χ0v) is 8.82. The van der Waals surface area contributed by atoms with Crippen LogP contribution in [0.4, 0.5) is 5.82 Å². The van der Waals surface area contributed by atoms with Gasteiger partial charge in [0.05, 0.1) is 12.7 Å². The standard InChI is InChI=1S/C9H9ClN4O/c1-6-4-12-9(15-6)5-11-8-3-2-7(10)13-14-8/h2-4H,5H2,1H3,(H,11,14). The molecule has 0 unspecified atom stereocenters. The zero-order valence-electron chi connectivity index (χ0n) is 8.07. The highest BCUT2D eigenvalue weighted by Gasteiger charge is 2.01. The van der Waals surface area contributed by atoms with E-state index in [1.165, 1.54) is 0 Å². The normalized spacial score (nSPS) is 10.3. The number of aromatic nitrogens is 3. The third-order valence-electron chi connectivity index (χ3n) is 1.72. The molecule has 0 atom stereocenters. The minimum atomic E-state index is 0.368. The van der Waals surface area contributed by atoms with E-state index >= 15 is 0 Å². The Bertz CT molecular complexity index is 440. The summed E-state index contributed by atoms with van der Waals surface area (Å²) in [5.74, 6) is 2.04. The fraction of sp³-hybridized carbons (Fsp3) is 0.222. The first kappa shape index (κ1) is 9.92. The maximum atomic E-state index is 5.60. The molecule has 0 amide bonds. The first-order valence-corrected chi connectivity index (χ1v) is 4.76. The van der Waals surface area contributed by atoms with Crippen LogP contribution in [-0.4, -0.2) is 15.2 Å². The lowest BCUT2D eigenvalue weighted by Gasteiger charge is -2.00. The van der Waals surface area contributed by atoms with Crippen molar-refractivity contribution in [2.75, 3.05) is 5.32 Å². The van der Waals surface area contributed by atoms with Gasteiger partial charge in [-0.3, -0.25) is 0 Å². The molecule has 0 fully saturated rings. The topological polar surface area (TPSA) is 63.8 Å². The van der Waals surface area contributed by atoms with Gasteiger partial charge in [-0.25, -0.2) is 4.98 Å². The van der Waals surface area contributed by atoms with Crippen molar-refractivity contribution in [3.8, 4) is 0 Å². The molecule has 78 valence electrons. The smallest absolute Gasteiger partial charge is 0.213 e. The lowest BCUT2D eigenvalue weighted by molar-refractivity contribution is 0.478. The lowest BCUT2D eigenvalue weighted by Crippen LogP contribution is -2.02. The minimum absolute atomic E-state index is 0.368. The first-order valence-electron chi connectivity index (χ1n) is 4.38. The largest absolute Gasteiger partial charge is 0.444 e. The molecule has 1 N–H and O–H groups in total. The molecule has 0 saturated carbocycles. The fourth-order valence-electron chi connectivity index (χ4n) is 1.06. The highest BCUT2D eigenvalue weighted by atomic mass is 35.5. The quantitative estimate of drug-likeness (QED) is 0.864. The van der Waals surface area contributed by atoms with Crippen molar-refractivity contribution in [2.45, 2.75) is 13.5 Å². The van der Waals surface area contributed by atoms with Crippen LogP contribution in [0.5, 0.6) is 0 Å². The molecule has 2 aromatic rings. The highest BCUT2D eigenvalue weighted by Crippen LogP contribution is 2.08. The predicted octanol–water partition coefficient (Wildman–Crippen LogP) is 2.04. The summed E-state index contributed by atoms with van der Waals surface area (Å²) in [4.78, 5) is 4.04. The van der Waals surface area contributed by atoms with E-state index in [0.717, 1.165) is 5.76 Å². The number of hydrogen-bond acceptors (Lipinski definition) is 5. The molecule has 0 aliphatic rings. The number of oxazole rings is 1. The minimum Gasteiger partial charge on any atom is -0.444 e. The summed E-state index contributed by atoms with van der Waals surface area (Å²) < 4.78 is 5.28. The summed E-state index contributed by atoms with van der Waals surface area (Å²) >= 11 is 5.60.